The lowest BCUT2D eigenvalue weighted by Gasteiger charge is -2.29. The van der Waals surface area contributed by atoms with Gasteiger partial charge in [-0.3, -0.25) is 0 Å². The lowest BCUT2D eigenvalue weighted by atomic mass is 9.78. The van der Waals surface area contributed by atoms with Gasteiger partial charge < -0.3 is 5.32 Å². The van der Waals surface area contributed by atoms with Crippen LogP contribution >= 0.6 is 0 Å². The lowest BCUT2D eigenvalue weighted by molar-refractivity contribution is 0.234. The maximum absolute atomic E-state index is 3.51. The van der Waals surface area contributed by atoms with Gasteiger partial charge >= 0.3 is 0 Å². The maximum atomic E-state index is 3.51. The van der Waals surface area contributed by atoms with Crippen LogP contribution in [0.3, 0.4) is 0 Å². The third-order valence-electron chi connectivity index (χ3n) is 3.35. The Kier molecular flexibility index (Phi) is 7.25. The lowest BCUT2D eigenvalue weighted by Crippen LogP contribution is -2.28. The molecule has 92 valence electrons. The molecule has 0 heterocycles. The Hall–Kier alpha value is -0.0400. The van der Waals surface area contributed by atoms with E-state index in [9.17, 15) is 0 Å². The molecule has 1 nitrogen and oxygen atoms in total. The molecular weight excluding hydrogens is 182 g/mol. The average molecular weight is 213 g/mol. The summed E-state index contributed by atoms with van der Waals surface area (Å²) in [4.78, 5) is 0. The first kappa shape index (κ1) is 15.0. The van der Waals surface area contributed by atoms with E-state index >= 15 is 0 Å². The highest BCUT2D eigenvalue weighted by molar-refractivity contribution is 4.74. The van der Waals surface area contributed by atoms with Crippen molar-refractivity contribution in [2.45, 2.75) is 73.3 Å². The van der Waals surface area contributed by atoms with E-state index in [1.807, 2.05) is 0 Å². The highest BCUT2D eigenvalue weighted by atomic mass is 14.9. The van der Waals surface area contributed by atoms with E-state index in [0.29, 0.717) is 11.5 Å². The third-order valence-corrected chi connectivity index (χ3v) is 3.35. The number of hydrogen-bond acceptors (Lipinski definition) is 1. The zero-order valence-corrected chi connectivity index (χ0v) is 11.7. The summed E-state index contributed by atoms with van der Waals surface area (Å²) in [7, 11) is 0. The molecule has 0 radical (unpaired) electrons. The summed E-state index contributed by atoms with van der Waals surface area (Å²) in [6.07, 6.45) is 5.33. The van der Waals surface area contributed by atoms with Gasteiger partial charge in [0.15, 0.2) is 0 Å². The summed E-state index contributed by atoms with van der Waals surface area (Å²) in [6.45, 7) is 15.0. The normalized spacial score (nSPS) is 12.8. The summed E-state index contributed by atoms with van der Waals surface area (Å²) in [5.41, 5.74) is 0.499. The van der Waals surface area contributed by atoms with E-state index in [-0.39, 0.29) is 0 Å². The van der Waals surface area contributed by atoms with E-state index < -0.39 is 0 Å². The molecule has 0 aliphatic rings. The van der Waals surface area contributed by atoms with Crippen LogP contribution < -0.4 is 5.32 Å². The molecule has 15 heavy (non-hydrogen) atoms. The van der Waals surface area contributed by atoms with Gasteiger partial charge in [-0.05, 0) is 30.7 Å². The summed E-state index contributed by atoms with van der Waals surface area (Å²) in [5.74, 6) is 0.916. The van der Waals surface area contributed by atoms with Crippen molar-refractivity contribution in [2.24, 2.45) is 11.3 Å². The van der Waals surface area contributed by atoms with Gasteiger partial charge in [-0.2, -0.15) is 0 Å². The Morgan fingerprint density at radius 2 is 1.60 bits per heavy atom. The van der Waals surface area contributed by atoms with Crippen LogP contribution in [0.2, 0.25) is 0 Å². The van der Waals surface area contributed by atoms with Gasteiger partial charge in [-0.15, -0.1) is 0 Å². The van der Waals surface area contributed by atoms with Crippen molar-refractivity contribution in [3.05, 3.63) is 0 Å². The van der Waals surface area contributed by atoms with Crippen molar-refractivity contribution in [3.8, 4) is 0 Å². The molecule has 1 N–H and O–H groups in total. The minimum Gasteiger partial charge on any atom is -0.315 e. The van der Waals surface area contributed by atoms with Crippen molar-refractivity contribution < 1.29 is 0 Å². The molecule has 0 aromatic heterocycles. The molecule has 0 saturated carbocycles. The van der Waals surface area contributed by atoms with Crippen LogP contribution in [0.25, 0.3) is 0 Å². The summed E-state index contributed by atoms with van der Waals surface area (Å²) in [5, 5.41) is 3.51. The summed E-state index contributed by atoms with van der Waals surface area (Å²) < 4.78 is 0. The molecule has 0 amide bonds. The van der Waals surface area contributed by atoms with Gasteiger partial charge in [-0.1, -0.05) is 54.4 Å². The Labute approximate surface area is 97.0 Å². The standard InChI is InChI=1S/C14H31N/c1-7-13(8-2)11-14(5,6)9-10-15-12(3)4/h12-13,15H,7-11H2,1-6H3. The molecule has 0 unspecified atom stereocenters. The van der Waals surface area contributed by atoms with Gasteiger partial charge in [0, 0.05) is 6.04 Å². The molecule has 0 atom stereocenters. The van der Waals surface area contributed by atoms with E-state index in [1.54, 1.807) is 0 Å². The maximum Gasteiger partial charge on any atom is 0.00103 e. The average Bonchev–Trinajstić information content (AvgIpc) is 2.13. The minimum absolute atomic E-state index is 0.499. The van der Waals surface area contributed by atoms with Crippen molar-refractivity contribution in [1.29, 1.82) is 0 Å². The van der Waals surface area contributed by atoms with E-state index in [1.165, 1.54) is 25.7 Å². The SMILES string of the molecule is CCC(CC)CC(C)(C)CCNC(C)C. The fraction of sp³-hybridized carbons (Fsp3) is 1.00. The summed E-state index contributed by atoms with van der Waals surface area (Å²) in [6, 6.07) is 0.619. The molecule has 0 spiro atoms. The molecule has 1 heteroatoms. The molecule has 0 rings (SSSR count). The van der Waals surface area contributed by atoms with Crippen LogP contribution in [0.15, 0.2) is 0 Å². The first-order valence-electron chi connectivity index (χ1n) is 6.64. The van der Waals surface area contributed by atoms with E-state index in [0.717, 1.165) is 12.5 Å². The van der Waals surface area contributed by atoms with Crippen LogP contribution in [-0.2, 0) is 0 Å². The van der Waals surface area contributed by atoms with Crippen LogP contribution in [-0.4, -0.2) is 12.6 Å². The molecule has 0 aromatic carbocycles. The monoisotopic (exact) mass is 213 g/mol. The third kappa shape index (κ3) is 7.84. The second-order valence-electron chi connectivity index (χ2n) is 5.91. The molecule has 0 aliphatic heterocycles. The molecule has 0 aromatic rings. The predicted octanol–water partition coefficient (Wildman–Crippen LogP) is 4.23. The van der Waals surface area contributed by atoms with Crippen molar-refractivity contribution in [3.63, 3.8) is 0 Å². The van der Waals surface area contributed by atoms with Crippen LogP contribution in [0.1, 0.15) is 67.2 Å². The first-order valence-corrected chi connectivity index (χ1v) is 6.64. The Balaban J connectivity index is 3.84. The van der Waals surface area contributed by atoms with Crippen LogP contribution in [0.5, 0.6) is 0 Å². The predicted molar refractivity (Wildman–Crippen MR) is 70.2 cm³/mol. The van der Waals surface area contributed by atoms with Gasteiger partial charge in [0.1, 0.15) is 0 Å². The zero-order chi connectivity index (χ0) is 11.9. The molecule has 0 bridgehead atoms. The van der Waals surface area contributed by atoms with Crippen molar-refractivity contribution in [2.75, 3.05) is 6.54 Å². The quantitative estimate of drug-likeness (QED) is 0.636. The Morgan fingerprint density at radius 1 is 1.07 bits per heavy atom. The molecule has 0 fully saturated rings. The zero-order valence-electron chi connectivity index (χ0n) is 11.7. The van der Waals surface area contributed by atoms with Gasteiger partial charge in [0.05, 0.1) is 0 Å². The molecule has 0 saturated heterocycles. The Morgan fingerprint density at radius 3 is 2.00 bits per heavy atom. The smallest absolute Gasteiger partial charge is 0.00103 e. The fourth-order valence-corrected chi connectivity index (χ4v) is 2.16. The highest BCUT2D eigenvalue weighted by Crippen LogP contribution is 2.31. The number of hydrogen-bond donors (Lipinski definition) is 1. The topological polar surface area (TPSA) is 12.0 Å². The van der Waals surface area contributed by atoms with Crippen molar-refractivity contribution in [1.82, 2.24) is 5.32 Å². The largest absolute Gasteiger partial charge is 0.315 e. The fourth-order valence-electron chi connectivity index (χ4n) is 2.16. The van der Waals surface area contributed by atoms with Crippen LogP contribution in [0.4, 0.5) is 0 Å². The minimum atomic E-state index is 0.499. The van der Waals surface area contributed by atoms with Gasteiger partial charge in [-0.25, -0.2) is 0 Å². The first-order chi connectivity index (χ1) is 6.91. The second kappa shape index (κ2) is 7.27. The van der Waals surface area contributed by atoms with Crippen LogP contribution in [0, 0.1) is 11.3 Å². The second-order valence-corrected chi connectivity index (χ2v) is 5.91. The van der Waals surface area contributed by atoms with E-state index in [4.69, 9.17) is 0 Å². The molecule has 0 aliphatic carbocycles. The number of rotatable bonds is 8. The Bertz CT molecular complexity index is 145. The van der Waals surface area contributed by atoms with Crippen molar-refractivity contribution >= 4 is 0 Å². The number of nitrogens with one attached hydrogen (secondary N) is 1. The summed E-state index contributed by atoms with van der Waals surface area (Å²) >= 11 is 0. The highest BCUT2D eigenvalue weighted by Gasteiger charge is 2.21. The van der Waals surface area contributed by atoms with Gasteiger partial charge in [0.2, 0.25) is 0 Å². The van der Waals surface area contributed by atoms with Gasteiger partial charge in [0.25, 0.3) is 0 Å². The van der Waals surface area contributed by atoms with E-state index in [2.05, 4.69) is 46.9 Å². The molecular formula is C14H31N.